The number of carbonyl (C=O) groups is 2. The predicted molar refractivity (Wildman–Crippen MR) is 264 cm³/mol. The maximum Gasteiger partial charge on any atom is 0.306 e. The van der Waals surface area contributed by atoms with Gasteiger partial charge in [-0.05, 0) is 51.4 Å². The zero-order valence-electron chi connectivity index (χ0n) is 41.3. The second kappa shape index (κ2) is 49.6. The highest BCUT2D eigenvalue weighted by Gasteiger charge is 2.24. The first-order chi connectivity index (χ1) is 30.0. The van der Waals surface area contributed by atoms with Crippen LogP contribution in [0.5, 0.6) is 0 Å². The number of hydrogen-bond acceptors (Lipinski definition) is 5. The quantitative estimate of drug-likeness (QED) is 0.0322. The average molecular weight is 862 g/mol. The van der Waals surface area contributed by atoms with Crippen LogP contribution in [0.4, 0.5) is 0 Å². The number of amides is 1. The van der Waals surface area contributed by atoms with E-state index in [0.717, 1.165) is 51.4 Å². The topological polar surface area (TPSA) is 95.9 Å². The third-order valence-electron chi connectivity index (χ3n) is 12.8. The number of nitrogens with one attached hydrogen (secondary N) is 1. The molecule has 0 radical (unpaired) electrons. The van der Waals surface area contributed by atoms with Crippen molar-refractivity contribution in [3.63, 3.8) is 0 Å². The van der Waals surface area contributed by atoms with Gasteiger partial charge in [0.25, 0.3) is 0 Å². The standard InChI is InChI=1S/C55H107NO5/c1-4-7-10-13-16-18-20-22-24-26-28-30-32-34-36-39-42-45-48-55(60)61-51(46-43-40-37-15-12-9-6-3)49-54(59)56-52(50-57)53(58)47-44-41-38-35-33-31-29-27-25-23-21-19-17-14-11-8-5-2/h28,30,51-53,57-58H,4-27,29,31-50H2,1-3H3,(H,56,59)/b30-28+. The molecule has 0 aromatic rings. The molecule has 0 saturated carbocycles. The van der Waals surface area contributed by atoms with E-state index in [1.54, 1.807) is 0 Å². The van der Waals surface area contributed by atoms with Gasteiger partial charge in [-0.15, -0.1) is 0 Å². The molecule has 0 aliphatic carbocycles. The van der Waals surface area contributed by atoms with Gasteiger partial charge in [-0.3, -0.25) is 9.59 Å². The molecule has 3 unspecified atom stereocenters. The van der Waals surface area contributed by atoms with E-state index >= 15 is 0 Å². The van der Waals surface area contributed by atoms with E-state index in [1.165, 1.54) is 205 Å². The monoisotopic (exact) mass is 862 g/mol. The van der Waals surface area contributed by atoms with Gasteiger partial charge < -0.3 is 20.3 Å². The summed E-state index contributed by atoms with van der Waals surface area (Å²) in [6.45, 7) is 6.48. The summed E-state index contributed by atoms with van der Waals surface area (Å²) >= 11 is 0. The van der Waals surface area contributed by atoms with E-state index in [2.05, 4.69) is 38.2 Å². The predicted octanol–water partition coefficient (Wildman–Crippen LogP) is 16.5. The Morgan fingerprint density at radius 1 is 0.459 bits per heavy atom. The Hall–Kier alpha value is -1.40. The van der Waals surface area contributed by atoms with Gasteiger partial charge in [0, 0.05) is 6.42 Å². The van der Waals surface area contributed by atoms with Gasteiger partial charge in [0.1, 0.15) is 6.10 Å². The minimum absolute atomic E-state index is 0.0799. The highest BCUT2D eigenvalue weighted by Crippen LogP contribution is 2.18. The van der Waals surface area contributed by atoms with Gasteiger partial charge in [-0.2, -0.15) is 0 Å². The maximum atomic E-state index is 13.2. The molecule has 1 amide bonds. The third-order valence-corrected chi connectivity index (χ3v) is 12.8. The molecule has 0 saturated heterocycles. The lowest BCUT2D eigenvalue weighted by molar-refractivity contribution is -0.151. The number of esters is 1. The Labute approximate surface area is 380 Å². The molecule has 0 aromatic heterocycles. The van der Waals surface area contributed by atoms with Crippen LogP contribution in [0.2, 0.25) is 0 Å². The number of unbranched alkanes of at least 4 members (excludes halogenated alkanes) is 36. The van der Waals surface area contributed by atoms with Crippen LogP contribution in [0.25, 0.3) is 0 Å². The molecule has 0 spiro atoms. The summed E-state index contributed by atoms with van der Waals surface area (Å²) in [5, 5.41) is 23.8. The van der Waals surface area contributed by atoms with Gasteiger partial charge in [-0.1, -0.05) is 251 Å². The summed E-state index contributed by atoms with van der Waals surface area (Å²) in [5.41, 5.74) is 0. The van der Waals surface area contributed by atoms with E-state index in [1.807, 2.05) is 0 Å². The summed E-state index contributed by atoms with van der Waals surface area (Å²) in [7, 11) is 0. The van der Waals surface area contributed by atoms with Crippen molar-refractivity contribution in [1.29, 1.82) is 0 Å². The second-order valence-electron chi connectivity index (χ2n) is 19.0. The molecule has 6 heteroatoms. The maximum absolute atomic E-state index is 13.2. The zero-order valence-corrected chi connectivity index (χ0v) is 41.3. The van der Waals surface area contributed by atoms with Crippen molar-refractivity contribution in [1.82, 2.24) is 5.32 Å². The largest absolute Gasteiger partial charge is 0.462 e. The van der Waals surface area contributed by atoms with E-state index in [-0.39, 0.29) is 24.9 Å². The number of allylic oxidation sites excluding steroid dienone is 2. The molecule has 0 aliphatic rings. The first-order valence-electron chi connectivity index (χ1n) is 27.4. The van der Waals surface area contributed by atoms with Crippen LogP contribution < -0.4 is 5.32 Å². The fourth-order valence-electron chi connectivity index (χ4n) is 8.66. The molecule has 0 rings (SSSR count). The first kappa shape index (κ1) is 59.6. The van der Waals surface area contributed by atoms with Crippen molar-refractivity contribution in [2.45, 2.75) is 322 Å². The lowest BCUT2D eigenvalue weighted by Gasteiger charge is -2.24. The minimum atomic E-state index is -0.782. The molecule has 3 N–H and O–H groups in total. The fraction of sp³-hybridized carbons (Fsp3) is 0.927. The van der Waals surface area contributed by atoms with Gasteiger partial charge >= 0.3 is 5.97 Å². The van der Waals surface area contributed by atoms with Crippen molar-refractivity contribution >= 4 is 11.9 Å². The van der Waals surface area contributed by atoms with Crippen molar-refractivity contribution in [3.05, 3.63) is 12.2 Å². The number of carbonyl (C=O) groups excluding carboxylic acids is 2. The van der Waals surface area contributed by atoms with Crippen LogP contribution in [-0.2, 0) is 14.3 Å². The third kappa shape index (κ3) is 45.0. The Balaban J connectivity index is 4.28. The molecule has 0 aliphatic heterocycles. The lowest BCUT2D eigenvalue weighted by atomic mass is 10.0. The molecule has 3 atom stereocenters. The van der Waals surface area contributed by atoms with Crippen molar-refractivity contribution in [2.75, 3.05) is 6.61 Å². The van der Waals surface area contributed by atoms with Gasteiger partial charge in [0.2, 0.25) is 5.91 Å². The van der Waals surface area contributed by atoms with Crippen LogP contribution in [0, 0.1) is 0 Å². The number of aliphatic hydroxyl groups excluding tert-OH is 2. The van der Waals surface area contributed by atoms with Gasteiger partial charge in [0.05, 0.1) is 25.2 Å². The molecule has 61 heavy (non-hydrogen) atoms. The molecular formula is C55H107NO5. The van der Waals surface area contributed by atoms with E-state index in [0.29, 0.717) is 19.3 Å². The van der Waals surface area contributed by atoms with E-state index < -0.39 is 18.2 Å². The summed E-state index contributed by atoms with van der Waals surface area (Å²) in [4.78, 5) is 26.0. The lowest BCUT2D eigenvalue weighted by Crippen LogP contribution is -2.46. The van der Waals surface area contributed by atoms with Crippen LogP contribution in [0.1, 0.15) is 303 Å². The number of aliphatic hydroxyl groups is 2. The number of rotatable bonds is 50. The molecule has 6 nitrogen and oxygen atoms in total. The summed E-state index contributed by atoms with van der Waals surface area (Å²) in [6, 6.07) is -0.696. The Bertz CT molecular complexity index is 924. The second-order valence-corrected chi connectivity index (χ2v) is 19.0. The number of hydrogen-bond donors (Lipinski definition) is 3. The van der Waals surface area contributed by atoms with Gasteiger partial charge in [-0.25, -0.2) is 0 Å². The number of ether oxygens (including phenoxy) is 1. The SMILES string of the molecule is CCCCCCCCCCC/C=C/CCCCCCCC(=O)OC(CCCCCCCCC)CC(=O)NC(CO)C(O)CCCCCCCCCCCCCCCCCCC. The Kier molecular flexibility index (Phi) is 48.5. The Morgan fingerprint density at radius 3 is 1.16 bits per heavy atom. The van der Waals surface area contributed by atoms with E-state index in [9.17, 15) is 19.8 Å². The zero-order chi connectivity index (χ0) is 44.5. The normalized spacial score (nSPS) is 13.2. The van der Waals surface area contributed by atoms with Crippen LogP contribution in [-0.4, -0.2) is 46.9 Å². The summed E-state index contributed by atoms with van der Waals surface area (Å²) in [5.74, 6) is -0.471. The molecule has 0 heterocycles. The van der Waals surface area contributed by atoms with Crippen molar-refractivity contribution < 1.29 is 24.5 Å². The fourth-order valence-corrected chi connectivity index (χ4v) is 8.66. The molecule has 0 aromatic carbocycles. The Morgan fingerprint density at radius 2 is 0.787 bits per heavy atom. The smallest absolute Gasteiger partial charge is 0.306 e. The van der Waals surface area contributed by atoms with Crippen molar-refractivity contribution in [2.24, 2.45) is 0 Å². The van der Waals surface area contributed by atoms with Crippen molar-refractivity contribution in [3.8, 4) is 0 Å². The minimum Gasteiger partial charge on any atom is -0.462 e. The average Bonchev–Trinajstić information content (AvgIpc) is 3.25. The summed E-state index contributed by atoms with van der Waals surface area (Å²) in [6.07, 6.45) is 55.8. The van der Waals surface area contributed by atoms with Crippen LogP contribution >= 0.6 is 0 Å². The molecular weight excluding hydrogens is 755 g/mol. The van der Waals surface area contributed by atoms with Gasteiger partial charge in [0.15, 0.2) is 0 Å². The van der Waals surface area contributed by atoms with E-state index in [4.69, 9.17) is 4.74 Å². The summed E-state index contributed by atoms with van der Waals surface area (Å²) < 4.78 is 5.91. The molecule has 0 fully saturated rings. The molecule has 0 bridgehead atoms. The highest BCUT2D eigenvalue weighted by molar-refractivity contribution is 5.77. The highest BCUT2D eigenvalue weighted by atomic mass is 16.5. The van der Waals surface area contributed by atoms with Crippen LogP contribution in [0.3, 0.4) is 0 Å². The van der Waals surface area contributed by atoms with Crippen LogP contribution in [0.15, 0.2) is 12.2 Å². The molecule has 362 valence electrons. The first-order valence-corrected chi connectivity index (χ1v) is 27.4.